The van der Waals surface area contributed by atoms with Gasteiger partial charge in [-0.15, -0.1) is 0 Å². The summed E-state index contributed by atoms with van der Waals surface area (Å²) in [5, 5.41) is 0. The van der Waals surface area contributed by atoms with Crippen LogP contribution in [0.4, 0.5) is 0 Å². The standard InChI is InChI=1S/C22H37NO/c1-2-3-4-5-6-7-8-9-10-11-12-13-14-15-16-17-18-19-20-21-22(23)24/h14-21H,2-13H2,1H3,(H2,23,24)/b15-14+,17-16+,19-18+,21-20+. The molecule has 2 heteroatoms. The summed E-state index contributed by atoms with van der Waals surface area (Å²) in [5.41, 5.74) is 4.98. The number of carbonyl (C=O) groups is 1. The molecule has 0 spiro atoms. The van der Waals surface area contributed by atoms with Gasteiger partial charge < -0.3 is 5.73 Å². The number of allylic oxidation sites excluding steroid dienone is 7. The Morgan fingerprint density at radius 3 is 1.67 bits per heavy atom. The molecule has 0 fully saturated rings. The molecule has 24 heavy (non-hydrogen) atoms. The van der Waals surface area contributed by atoms with Gasteiger partial charge in [0.25, 0.3) is 0 Å². The third-order valence-corrected chi connectivity index (χ3v) is 3.93. The second-order valence-electron chi connectivity index (χ2n) is 6.28. The maximum atomic E-state index is 10.5. The zero-order valence-electron chi connectivity index (χ0n) is 15.6. The molecule has 0 aromatic rings. The molecular weight excluding hydrogens is 294 g/mol. The molecule has 0 heterocycles. The van der Waals surface area contributed by atoms with Crippen molar-refractivity contribution in [3.05, 3.63) is 48.6 Å². The summed E-state index contributed by atoms with van der Waals surface area (Å²) in [6.07, 6.45) is 31.4. The van der Waals surface area contributed by atoms with Gasteiger partial charge in [0.05, 0.1) is 0 Å². The van der Waals surface area contributed by atoms with Crippen LogP contribution in [-0.4, -0.2) is 5.91 Å². The molecule has 2 N–H and O–H groups in total. The second kappa shape index (κ2) is 19.5. The number of carbonyl (C=O) groups excluding carboxylic acids is 1. The molecule has 1 amide bonds. The fourth-order valence-electron chi connectivity index (χ4n) is 2.51. The Morgan fingerprint density at radius 2 is 1.12 bits per heavy atom. The van der Waals surface area contributed by atoms with Crippen molar-refractivity contribution >= 4 is 5.91 Å². The van der Waals surface area contributed by atoms with Gasteiger partial charge in [-0.2, -0.15) is 0 Å². The minimum Gasteiger partial charge on any atom is -0.366 e. The molecule has 0 aromatic heterocycles. The van der Waals surface area contributed by atoms with Crippen LogP contribution >= 0.6 is 0 Å². The van der Waals surface area contributed by atoms with E-state index in [-0.39, 0.29) is 0 Å². The van der Waals surface area contributed by atoms with Crippen LogP contribution in [0.3, 0.4) is 0 Å². The van der Waals surface area contributed by atoms with Gasteiger partial charge in [0, 0.05) is 6.08 Å². The maximum Gasteiger partial charge on any atom is 0.241 e. The monoisotopic (exact) mass is 331 g/mol. The SMILES string of the molecule is CCCCCCCCCCCCC/C=C/C=C/C=C/C=C/C(N)=O. The number of nitrogens with two attached hydrogens (primary N) is 1. The molecule has 0 saturated heterocycles. The van der Waals surface area contributed by atoms with E-state index in [0.29, 0.717) is 0 Å². The van der Waals surface area contributed by atoms with E-state index in [9.17, 15) is 4.79 Å². The highest BCUT2D eigenvalue weighted by Gasteiger charge is 1.92. The number of unbranched alkanes of at least 4 members (excludes halogenated alkanes) is 11. The summed E-state index contributed by atoms with van der Waals surface area (Å²) in [5.74, 6) is -0.421. The lowest BCUT2D eigenvalue weighted by atomic mass is 10.1. The Kier molecular flexibility index (Phi) is 18.2. The van der Waals surface area contributed by atoms with Crippen LogP contribution < -0.4 is 5.73 Å². The number of hydrogen-bond donors (Lipinski definition) is 1. The van der Waals surface area contributed by atoms with Crippen LogP contribution in [0, 0.1) is 0 Å². The molecule has 2 nitrogen and oxygen atoms in total. The lowest BCUT2D eigenvalue weighted by molar-refractivity contribution is -0.113. The van der Waals surface area contributed by atoms with Gasteiger partial charge in [0.1, 0.15) is 0 Å². The van der Waals surface area contributed by atoms with Crippen molar-refractivity contribution in [2.75, 3.05) is 0 Å². The minimum absolute atomic E-state index is 0.421. The van der Waals surface area contributed by atoms with Crippen molar-refractivity contribution in [1.29, 1.82) is 0 Å². The third kappa shape index (κ3) is 20.4. The van der Waals surface area contributed by atoms with E-state index in [1.165, 1.54) is 76.7 Å². The average Bonchev–Trinajstić information content (AvgIpc) is 2.56. The molecule has 0 atom stereocenters. The van der Waals surface area contributed by atoms with Gasteiger partial charge in [-0.25, -0.2) is 0 Å². The normalized spacial score (nSPS) is 12.4. The van der Waals surface area contributed by atoms with Crippen molar-refractivity contribution in [2.24, 2.45) is 5.73 Å². The van der Waals surface area contributed by atoms with Crippen LogP contribution in [0.15, 0.2) is 48.6 Å². The first-order valence-corrected chi connectivity index (χ1v) is 9.73. The quantitative estimate of drug-likeness (QED) is 0.198. The summed E-state index contributed by atoms with van der Waals surface area (Å²) in [6, 6.07) is 0. The molecule has 0 radical (unpaired) electrons. The van der Waals surface area contributed by atoms with Crippen molar-refractivity contribution in [2.45, 2.75) is 84.0 Å². The predicted octanol–water partition coefficient (Wildman–Crippen LogP) is 6.40. The molecule has 0 aromatic carbocycles. The Bertz CT molecular complexity index is 391. The molecule has 0 rings (SSSR count). The second-order valence-corrected chi connectivity index (χ2v) is 6.28. The van der Waals surface area contributed by atoms with Gasteiger partial charge in [-0.1, -0.05) is 114 Å². The topological polar surface area (TPSA) is 43.1 Å². The van der Waals surface area contributed by atoms with E-state index in [0.717, 1.165) is 6.42 Å². The highest BCUT2D eigenvalue weighted by Crippen LogP contribution is 2.11. The van der Waals surface area contributed by atoms with Gasteiger partial charge >= 0.3 is 0 Å². The molecule has 0 saturated carbocycles. The first kappa shape index (κ1) is 22.4. The van der Waals surface area contributed by atoms with Crippen molar-refractivity contribution < 1.29 is 4.79 Å². The van der Waals surface area contributed by atoms with Crippen LogP contribution in [-0.2, 0) is 4.79 Å². The van der Waals surface area contributed by atoms with E-state index in [1.807, 2.05) is 18.2 Å². The third-order valence-electron chi connectivity index (χ3n) is 3.93. The van der Waals surface area contributed by atoms with Crippen LogP contribution in [0.5, 0.6) is 0 Å². The predicted molar refractivity (Wildman–Crippen MR) is 107 cm³/mol. The van der Waals surface area contributed by atoms with Gasteiger partial charge in [-0.3, -0.25) is 4.79 Å². The van der Waals surface area contributed by atoms with Gasteiger partial charge in [0.2, 0.25) is 5.91 Å². The molecule has 0 aliphatic rings. The van der Waals surface area contributed by atoms with E-state index in [1.54, 1.807) is 12.2 Å². The summed E-state index contributed by atoms with van der Waals surface area (Å²) < 4.78 is 0. The highest BCUT2D eigenvalue weighted by molar-refractivity contribution is 5.85. The van der Waals surface area contributed by atoms with Crippen LogP contribution in [0.2, 0.25) is 0 Å². The number of amides is 1. The average molecular weight is 332 g/mol. The number of rotatable bonds is 16. The fraction of sp³-hybridized carbons (Fsp3) is 0.591. The largest absolute Gasteiger partial charge is 0.366 e. The number of primary amides is 1. The molecule has 0 aliphatic carbocycles. The molecule has 0 bridgehead atoms. The maximum absolute atomic E-state index is 10.5. The Hall–Kier alpha value is -1.57. The van der Waals surface area contributed by atoms with E-state index >= 15 is 0 Å². The zero-order chi connectivity index (χ0) is 17.7. The van der Waals surface area contributed by atoms with Crippen LogP contribution in [0.25, 0.3) is 0 Å². The van der Waals surface area contributed by atoms with Gasteiger partial charge in [0.15, 0.2) is 0 Å². The van der Waals surface area contributed by atoms with Crippen LogP contribution in [0.1, 0.15) is 84.0 Å². The van der Waals surface area contributed by atoms with E-state index < -0.39 is 5.91 Å². The number of hydrogen-bond acceptors (Lipinski definition) is 1. The van der Waals surface area contributed by atoms with Crippen molar-refractivity contribution in [3.63, 3.8) is 0 Å². The summed E-state index contributed by atoms with van der Waals surface area (Å²) in [6.45, 7) is 2.27. The first-order valence-electron chi connectivity index (χ1n) is 9.73. The van der Waals surface area contributed by atoms with E-state index in [2.05, 4.69) is 19.1 Å². The summed E-state index contributed by atoms with van der Waals surface area (Å²) in [7, 11) is 0. The van der Waals surface area contributed by atoms with Crippen molar-refractivity contribution in [3.8, 4) is 0 Å². The Morgan fingerprint density at radius 1 is 0.667 bits per heavy atom. The first-order chi connectivity index (χ1) is 11.8. The lowest BCUT2D eigenvalue weighted by Crippen LogP contribution is -2.04. The molecular formula is C22H37NO. The minimum atomic E-state index is -0.421. The van der Waals surface area contributed by atoms with E-state index in [4.69, 9.17) is 5.73 Å². The Balaban J connectivity index is 3.30. The fourth-order valence-corrected chi connectivity index (χ4v) is 2.51. The lowest BCUT2D eigenvalue weighted by Gasteiger charge is -2.01. The molecule has 136 valence electrons. The van der Waals surface area contributed by atoms with Gasteiger partial charge in [-0.05, 0) is 12.8 Å². The zero-order valence-corrected chi connectivity index (χ0v) is 15.6. The molecule has 0 aliphatic heterocycles. The summed E-state index contributed by atoms with van der Waals surface area (Å²) >= 11 is 0. The smallest absolute Gasteiger partial charge is 0.241 e. The summed E-state index contributed by atoms with van der Waals surface area (Å²) in [4.78, 5) is 10.5. The Labute approximate surface area is 149 Å². The van der Waals surface area contributed by atoms with Crippen molar-refractivity contribution in [1.82, 2.24) is 0 Å². The highest BCUT2D eigenvalue weighted by atomic mass is 16.1. The molecule has 0 unspecified atom stereocenters.